The van der Waals surface area contributed by atoms with Crippen molar-refractivity contribution in [3.8, 4) is 5.75 Å². The first kappa shape index (κ1) is 14.3. The van der Waals surface area contributed by atoms with E-state index in [9.17, 15) is 4.39 Å². The molecule has 2 nitrogen and oxygen atoms in total. The fourth-order valence-electron chi connectivity index (χ4n) is 1.64. The number of hydrogen-bond acceptors (Lipinski definition) is 3. The molecule has 0 bridgehead atoms. The first-order valence-electron chi connectivity index (χ1n) is 5.83. The van der Waals surface area contributed by atoms with Gasteiger partial charge < -0.3 is 10.1 Å². The second kappa shape index (κ2) is 7.56. The van der Waals surface area contributed by atoms with Crippen LogP contribution in [0.2, 0.25) is 0 Å². The average molecular weight is 257 g/mol. The van der Waals surface area contributed by atoms with Crippen LogP contribution in [0, 0.1) is 5.82 Å². The Balaban J connectivity index is 2.79. The normalized spacial score (nSPS) is 12.5. The molecule has 1 atom stereocenters. The van der Waals surface area contributed by atoms with E-state index >= 15 is 0 Å². The monoisotopic (exact) mass is 257 g/mol. The summed E-state index contributed by atoms with van der Waals surface area (Å²) in [5.74, 6) is 1.49. The Morgan fingerprint density at radius 1 is 1.47 bits per heavy atom. The number of benzene rings is 1. The molecule has 0 saturated carbocycles. The van der Waals surface area contributed by atoms with E-state index in [1.807, 2.05) is 20.1 Å². The van der Waals surface area contributed by atoms with E-state index in [1.54, 1.807) is 23.9 Å². The van der Waals surface area contributed by atoms with E-state index in [0.717, 1.165) is 23.6 Å². The Morgan fingerprint density at radius 2 is 2.24 bits per heavy atom. The topological polar surface area (TPSA) is 21.3 Å². The molecule has 0 amide bonds. The van der Waals surface area contributed by atoms with Gasteiger partial charge in [-0.1, -0.05) is 6.92 Å². The molecule has 1 N–H and O–H groups in total. The van der Waals surface area contributed by atoms with Gasteiger partial charge in [-0.25, -0.2) is 4.39 Å². The highest BCUT2D eigenvalue weighted by atomic mass is 32.2. The standard InChI is InChI=1S/C13H20FNOS/c1-4-15-10(2)12-9-11(14)5-6-13(12)16-7-8-17-3/h5-6,9-10,15H,4,7-8H2,1-3H3. The van der Waals surface area contributed by atoms with Gasteiger partial charge >= 0.3 is 0 Å². The van der Waals surface area contributed by atoms with Crippen molar-refractivity contribution in [1.82, 2.24) is 5.32 Å². The molecule has 0 aliphatic rings. The van der Waals surface area contributed by atoms with Crippen molar-refractivity contribution in [1.29, 1.82) is 0 Å². The molecule has 1 unspecified atom stereocenters. The molecular weight excluding hydrogens is 237 g/mol. The molecular formula is C13H20FNOS. The van der Waals surface area contributed by atoms with Crippen molar-refractivity contribution in [2.45, 2.75) is 19.9 Å². The lowest BCUT2D eigenvalue weighted by Crippen LogP contribution is -2.19. The van der Waals surface area contributed by atoms with Crippen LogP contribution in [0.3, 0.4) is 0 Å². The first-order chi connectivity index (χ1) is 8.19. The predicted octanol–water partition coefficient (Wildman–Crippen LogP) is 3.24. The highest BCUT2D eigenvalue weighted by Gasteiger charge is 2.11. The summed E-state index contributed by atoms with van der Waals surface area (Å²) < 4.78 is 18.9. The summed E-state index contributed by atoms with van der Waals surface area (Å²) >= 11 is 1.73. The van der Waals surface area contributed by atoms with E-state index in [4.69, 9.17) is 4.74 Å². The van der Waals surface area contributed by atoms with Crippen molar-refractivity contribution in [3.05, 3.63) is 29.6 Å². The second-order valence-corrected chi connectivity index (χ2v) is 4.79. The molecule has 1 aromatic rings. The molecule has 17 heavy (non-hydrogen) atoms. The summed E-state index contributed by atoms with van der Waals surface area (Å²) in [6, 6.07) is 4.79. The van der Waals surface area contributed by atoms with Crippen LogP contribution in [0.25, 0.3) is 0 Å². The maximum absolute atomic E-state index is 13.2. The minimum atomic E-state index is -0.220. The van der Waals surface area contributed by atoms with Gasteiger partial charge in [0.2, 0.25) is 0 Å². The Bertz CT molecular complexity index is 346. The summed E-state index contributed by atoms with van der Waals surface area (Å²) in [4.78, 5) is 0. The zero-order valence-corrected chi connectivity index (χ0v) is 11.4. The van der Waals surface area contributed by atoms with Gasteiger partial charge in [-0.3, -0.25) is 0 Å². The molecule has 0 aliphatic carbocycles. The van der Waals surface area contributed by atoms with Crippen LogP contribution in [0.1, 0.15) is 25.5 Å². The first-order valence-corrected chi connectivity index (χ1v) is 7.23. The van der Waals surface area contributed by atoms with E-state index < -0.39 is 0 Å². The second-order valence-electron chi connectivity index (χ2n) is 3.80. The summed E-state index contributed by atoms with van der Waals surface area (Å²) in [5.41, 5.74) is 0.882. The van der Waals surface area contributed by atoms with E-state index in [1.165, 1.54) is 6.07 Å². The molecule has 0 aliphatic heterocycles. The molecule has 96 valence electrons. The van der Waals surface area contributed by atoms with Gasteiger partial charge in [0.05, 0.1) is 6.61 Å². The summed E-state index contributed by atoms with van der Waals surface area (Å²) in [7, 11) is 0. The molecule has 0 heterocycles. The third-order valence-electron chi connectivity index (χ3n) is 2.49. The molecule has 4 heteroatoms. The van der Waals surface area contributed by atoms with Crippen molar-refractivity contribution < 1.29 is 9.13 Å². The fourth-order valence-corrected chi connectivity index (χ4v) is 1.89. The fraction of sp³-hybridized carbons (Fsp3) is 0.538. The number of ether oxygens (including phenoxy) is 1. The maximum atomic E-state index is 13.2. The summed E-state index contributed by atoms with van der Waals surface area (Å²) in [6.45, 7) is 5.55. The van der Waals surface area contributed by atoms with Gasteiger partial charge in [-0.05, 0) is 37.9 Å². The van der Waals surface area contributed by atoms with Crippen LogP contribution in [-0.4, -0.2) is 25.2 Å². The van der Waals surface area contributed by atoms with Gasteiger partial charge in [0.1, 0.15) is 11.6 Å². The van der Waals surface area contributed by atoms with Gasteiger partial charge in [0, 0.05) is 17.4 Å². The van der Waals surface area contributed by atoms with Gasteiger partial charge in [0.25, 0.3) is 0 Å². The minimum absolute atomic E-state index is 0.0972. The van der Waals surface area contributed by atoms with E-state index in [2.05, 4.69) is 5.32 Å². The van der Waals surface area contributed by atoms with Crippen LogP contribution >= 0.6 is 11.8 Å². The zero-order valence-electron chi connectivity index (χ0n) is 10.6. The minimum Gasteiger partial charge on any atom is -0.492 e. The van der Waals surface area contributed by atoms with Crippen LogP contribution in [0.5, 0.6) is 5.75 Å². The largest absolute Gasteiger partial charge is 0.492 e. The molecule has 0 fully saturated rings. The Hall–Kier alpha value is -0.740. The molecule has 0 aromatic heterocycles. The average Bonchev–Trinajstić information content (AvgIpc) is 2.31. The van der Waals surface area contributed by atoms with Gasteiger partial charge in [-0.2, -0.15) is 11.8 Å². The predicted molar refractivity (Wildman–Crippen MR) is 72.4 cm³/mol. The van der Waals surface area contributed by atoms with Crippen molar-refractivity contribution in [2.75, 3.05) is 25.2 Å². The SMILES string of the molecule is CCNC(C)c1cc(F)ccc1OCCSC. The molecule has 0 radical (unpaired) electrons. The molecule has 0 saturated heterocycles. The van der Waals surface area contributed by atoms with Gasteiger partial charge in [-0.15, -0.1) is 0 Å². The smallest absolute Gasteiger partial charge is 0.124 e. The molecule has 1 aromatic carbocycles. The quantitative estimate of drug-likeness (QED) is 0.758. The van der Waals surface area contributed by atoms with Gasteiger partial charge in [0.15, 0.2) is 0 Å². The Kier molecular flexibility index (Phi) is 6.37. The Morgan fingerprint density at radius 3 is 2.88 bits per heavy atom. The third kappa shape index (κ3) is 4.56. The lowest BCUT2D eigenvalue weighted by atomic mass is 10.1. The van der Waals surface area contributed by atoms with E-state index in [-0.39, 0.29) is 11.9 Å². The van der Waals surface area contributed by atoms with Crippen LogP contribution in [0.4, 0.5) is 4.39 Å². The lowest BCUT2D eigenvalue weighted by molar-refractivity contribution is 0.335. The van der Waals surface area contributed by atoms with Crippen molar-refractivity contribution >= 4 is 11.8 Å². The maximum Gasteiger partial charge on any atom is 0.124 e. The number of hydrogen-bond donors (Lipinski definition) is 1. The summed E-state index contributed by atoms with van der Waals surface area (Å²) in [5, 5.41) is 3.27. The Labute approximate surface area is 107 Å². The number of nitrogens with one attached hydrogen (secondary N) is 1. The lowest BCUT2D eigenvalue weighted by Gasteiger charge is -2.17. The van der Waals surface area contributed by atoms with Crippen LogP contribution in [0.15, 0.2) is 18.2 Å². The van der Waals surface area contributed by atoms with Crippen LogP contribution < -0.4 is 10.1 Å². The highest BCUT2D eigenvalue weighted by Crippen LogP contribution is 2.26. The zero-order chi connectivity index (χ0) is 12.7. The third-order valence-corrected chi connectivity index (χ3v) is 3.07. The van der Waals surface area contributed by atoms with Crippen molar-refractivity contribution in [3.63, 3.8) is 0 Å². The van der Waals surface area contributed by atoms with Crippen molar-refractivity contribution in [2.24, 2.45) is 0 Å². The number of halogens is 1. The van der Waals surface area contributed by atoms with Crippen LogP contribution in [-0.2, 0) is 0 Å². The number of thioether (sulfide) groups is 1. The molecule has 1 rings (SSSR count). The summed E-state index contributed by atoms with van der Waals surface area (Å²) in [6.07, 6.45) is 2.04. The highest BCUT2D eigenvalue weighted by molar-refractivity contribution is 7.98. The van der Waals surface area contributed by atoms with E-state index in [0.29, 0.717) is 6.61 Å². The molecule has 0 spiro atoms. The number of rotatable bonds is 7.